The highest BCUT2D eigenvalue weighted by molar-refractivity contribution is 6.32. The van der Waals surface area contributed by atoms with Gasteiger partial charge in [-0.15, -0.1) is 0 Å². The number of hydrogen-bond acceptors (Lipinski definition) is 5. The van der Waals surface area contributed by atoms with E-state index in [-0.39, 0.29) is 16.9 Å². The molecule has 0 aromatic heterocycles. The predicted octanol–water partition coefficient (Wildman–Crippen LogP) is 8.03. The summed E-state index contributed by atoms with van der Waals surface area (Å²) in [5.41, 5.74) is 2.25. The number of nitrogens with zero attached hydrogens (tertiary/aromatic N) is 2. The van der Waals surface area contributed by atoms with Crippen molar-refractivity contribution in [3.63, 3.8) is 0 Å². The van der Waals surface area contributed by atoms with Crippen molar-refractivity contribution >= 4 is 22.7 Å². The molecule has 0 radical (unpaired) electrons. The van der Waals surface area contributed by atoms with Crippen LogP contribution in [0.2, 0.25) is 5.02 Å². The van der Waals surface area contributed by atoms with Gasteiger partial charge in [0.1, 0.15) is 36.0 Å². The zero-order valence-corrected chi connectivity index (χ0v) is 23.4. The molecule has 3 aromatic rings. The highest BCUT2D eigenvalue weighted by Gasteiger charge is 2.34. The smallest absolute Gasteiger partial charge is 0.265 e. The summed E-state index contributed by atoms with van der Waals surface area (Å²) in [4.78, 5) is 2.44. The van der Waals surface area contributed by atoms with Gasteiger partial charge in [-0.2, -0.15) is 5.26 Å². The third-order valence-corrected chi connectivity index (χ3v) is 8.15. The first kappa shape index (κ1) is 27.9. The summed E-state index contributed by atoms with van der Waals surface area (Å²) in [5, 5.41) is 20.5. The number of alkyl halides is 2. The second-order valence-corrected chi connectivity index (χ2v) is 11.0. The number of benzene rings is 3. The number of allylic oxidation sites excluding steroid dienone is 1. The van der Waals surface area contributed by atoms with Crippen LogP contribution < -0.4 is 9.47 Å². The second-order valence-electron chi connectivity index (χ2n) is 10.6. The van der Waals surface area contributed by atoms with Gasteiger partial charge in [0.2, 0.25) is 0 Å². The molecule has 3 atom stereocenters. The van der Waals surface area contributed by atoms with Crippen LogP contribution in [0, 0.1) is 17.2 Å². The SMILES string of the molecule is CC1=C(c2cc(O)ccc2Cl)C(c2ccc(OCC(C)N3CCC(C)C3)cc2)Oc2ccc(C(F)F)c(C#N)c21. The Balaban J connectivity index is 1.51. The fourth-order valence-corrected chi connectivity index (χ4v) is 5.84. The van der Waals surface area contributed by atoms with Gasteiger partial charge in [-0.3, -0.25) is 4.90 Å². The molecular weight excluding hydrogens is 534 g/mol. The molecule has 2 aliphatic rings. The third kappa shape index (κ3) is 5.39. The normalized spacial score (nSPS) is 19.8. The number of hydrogen-bond donors (Lipinski definition) is 1. The highest BCUT2D eigenvalue weighted by Crippen LogP contribution is 2.50. The van der Waals surface area contributed by atoms with E-state index in [0.717, 1.165) is 24.4 Å². The van der Waals surface area contributed by atoms with Crippen LogP contribution in [0.3, 0.4) is 0 Å². The number of phenolic OH excluding ortho intramolecular Hbond substituents is 1. The molecular formula is C32H31ClF2N2O3. The standard InChI is InChI=1S/C32H31ClF2N2O3/c1-18-12-13-37(16-18)19(2)17-39-23-7-4-21(5-8-23)31-30(25-14-22(38)6-10-27(25)33)20(3)29-26(15-36)24(32(34)35)9-11-28(29)40-31/h4-11,14,18-19,31-32,38H,12-13,16-17H2,1-3H3. The van der Waals surface area contributed by atoms with Crippen molar-refractivity contribution in [3.05, 3.63) is 87.4 Å². The molecule has 5 nitrogen and oxygen atoms in total. The number of aromatic hydroxyl groups is 1. The molecule has 0 saturated carbocycles. The molecule has 40 heavy (non-hydrogen) atoms. The van der Waals surface area contributed by atoms with E-state index in [2.05, 4.69) is 18.7 Å². The molecule has 2 heterocycles. The number of nitriles is 1. The largest absolute Gasteiger partial charge is 0.508 e. The number of likely N-dealkylation sites (tertiary alicyclic amines) is 1. The van der Waals surface area contributed by atoms with Crippen molar-refractivity contribution in [2.45, 2.75) is 45.8 Å². The quantitative estimate of drug-likeness (QED) is 0.315. The maximum Gasteiger partial charge on any atom is 0.265 e. The van der Waals surface area contributed by atoms with Gasteiger partial charge in [-0.1, -0.05) is 30.7 Å². The van der Waals surface area contributed by atoms with Crippen molar-refractivity contribution in [1.82, 2.24) is 4.90 Å². The monoisotopic (exact) mass is 564 g/mol. The summed E-state index contributed by atoms with van der Waals surface area (Å²) in [7, 11) is 0. The van der Waals surface area contributed by atoms with Gasteiger partial charge >= 0.3 is 0 Å². The molecule has 0 spiro atoms. The molecule has 1 N–H and O–H groups in total. The topological polar surface area (TPSA) is 65.7 Å². The van der Waals surface area contributed by atoms with Crippen LogP contribution >= 0.6 is 11.6 Å². The van der Waals surface area contributed by atoms with E-state index < -0.39 is 12.5 Å². The summed E-state index contributed by atoms with van der Waals surface area (Å²) in [6, 6.07) is 17.1. The Morgan fingerprint density at radius 1 is 1.18 bits per heavy atom. The first-order valence-electron chi connectivity index (χ1n) is 13.4. The van der Waals surface area contributed by atoms with Gasteiger partial charge in [-0.25, -0.2) is 8.78 Å². The maximum atomic E-state index is 13.8. The van der Waals surface area contributed by atoms with E-state index >= 15 is 0 Å². The van der Waals surface area contributed by atoms with Crippen LogP contribution in [0.15, 0.2) is 54.6 Å². The minimum atomic E-state index is -2.82. The molecule has 8 heteroatoms. The molecule has 3 aromatic carbocycles. The van der Waals surface area contributed by atoms with Gasteiger partial charge < -0.3 is 14.6 Å². The van der Waals surface area contributed by atoms with Gasteiger partial charge in [0.15, 0.2) is 0 Å². The lowest BCUT2D eigenvalue weighted by molar-refractivity contribution is 0.151. The lowest BCUT2D eigenvalue weighted by Crippen LogP contribution is -2.35. The van der Waals surface area contributed by atoms with E-state index in [1.165, 1.54) is 30.7 Å². The third-order valence-electron chi connectivity index (χ3n) is 7.83. The molecule has 0 amide bonds. The van der Waals surface area contributed by atoms with Gasteiger partial charge in [0.25, 0.3) is 6.43 Å². The fraction of sp³-hybridized carbons (Fsp3) is 0.344. The van der Waals surface area contributed by atoms with Gasteiger partial charge in [-0.05, 0) is 86.3 Å². The Morgan fingerprint density at radius 2 is 1.93 bits per heavy atom. The van der Waals surface area contributed by atoms with E-state index in [1.807, 2.05) is 30.3 Å². The molecule has 0 bridgehead atoms. The maximum absolute atomic E-state index is 13.8. The average molecular weight is 565 g/mol. The average Bonchev–Trinajstić information content (AvgIpc) is 3.39. The number of ether oxygens (including phenoxy) is 2. The lowest BCUT2D eigenvalue weighted by atomic mass is 9.83. The van der Waals surface area contributed by atoms with Crippen molar-refractivity contribution in [3.8, 4) is 23.3 Å². The fourth-order valence-electron chi connectivity index (χ4n) is 5.62. The minimum absolute atomic E-state index is 0.00338. The summed E-state index contributed by atoms with van der Waals surface area (Å²) in [5.74, 6) is 1.76. The molecule has 3 unspecified atom stereocenters. The zero-order valence-electron chi connectivity index (χ0n) is 22.6. The van der Waals surface area contributed by atoms with Crippen molar-refractivity contribution < 1.29 is 23.4 Å². The van der Waals surface area contributed by atoms with Crippen LogP contribution in [0.4, 0.5) is 8.78 Å². The molecule has 208 valence electrons. The summed E-state index contributed by atoms with van der Waals surface area (Å²) >= 11 is 6.58. The van der Waals surface area contributed by atoms with E-state index in [0.29, 0.717) is 51.6 Å². The summed E-state index contributed by atoms with van der Waals surface area (Å²) in [6.07, 6.45) is -2.28. The molecule has 2 aliphatic heterocycles. The summed E-state index contributed by atoms with van der Waals surface area (Å²) in [6.45, 7) is 8.95. The van der Waals surface area contributed by atoms with Crippen LogP contribution in [0.1, 0.15) is 67.5 Å². The van der Waals surface area contributed by atoms with Crippen molar-refractivity contribution in [2.24, 2.45) is 5.92 Å². The molecule has 0 aliphatic carbocycles. The van der Waals surface area contributed by atoms with Crippen LogP contribution in [-0.4, -0.2) is 35.7 Å². The Morgan fingerprint density at radius 3 is 2.58 bits per heavy atom. The molecule has 5 rings (SSSR count). The van der Waals surface area contributed by atoms with E-state index in [9.17, 15) is 19.1 Å². The first-order valence-corrected chi connectivity index (χ1v) is 13.7. The molecule has 1 saturated heterocycles. The van der Waals surface area contributed by atoms with E-state index in [1.54, 1.807) is 13.0 Å². The highest BCUT2D eigenvalue weighted by atomic mass is 35.5. The van der Waals surface area contributed by atoms with Crippen molar-refractivity contribution in [2.75, 3.05) is 19.7 Å². The predicted molar refractivity (Wildman–Crippen MR) is 152 cm³/mol. The Bertz CT molecular complexity index is 1480. The Labute approximate surface area is 238 Å². The number of halogens is 3. The lowest BCUT2D eigenvalue weighted by Gasteiger charge is -2.32. The number of fused-ring (bicyclic) bond motifs is 1. The zero-order chi connectivity index (χ0) is 28.6. The van der Waals surface area contributed by atoms with Crippen LogP contribution in [-0.2, 0) is 0 Å². The van der Waals surface area contributed by atoms with Crippen molar-refractivity contribution in [1.29, 1.82) is 5.26 Å². The van der Waals surface area contributed by atoms with Gasteiger partial charge in [0.05, 0.1) is 5.56 Å². The Kier molecular flexibility index (Phi) is 8.02. The Hall–Kier alpha value is -3.60. The number of rotatable bonds is 7. The molecule has 1 fully saturated rings. The summed E-state index contributed by atoms with van der Waals surface area (Å²) < 4.78 is 40.0. The minimum Gasteiger partial charge on any atom is -0.508 e. The van der Waals surface area contributed by atoms with Crippen LogP contribution in [0.5, 0.6) is 17.2 Å². The number of phenols is 1. The second kappa shape index (κ2) is 11.5. The van der Waals surface area contributed by atoms with Crippen LogP contribution in [0.25, 0.3) is 11.1 Å². The van der Waals surface area contributed by atoms with Gasteiger partial charge in [0, 0.05) is 39.9 Å². The first-order chi connectivity index (χ1) is 19.2. The van der Waals surface area contributed by atoms with E-state index in [4.69, 9.17) is 21.1 Å².